The van der Waals surface area contributed by atoms with E-state index in [0.717, 1.165) is 12.3 Å². The molecule has 0 saturated heterocycles. The van der Waals surface area contributed by atoms with E-state index in [1.807, 2.05) is 0 Å². The molecule has 3 aromatic rings. The molecule has 10 heteroatoms. The molecule has 1 aromatic heterocycles. The Labute approximate surface area is 196 Å². The van der Waals surface area contributed by atoms with Crippen LogP contribution in [0.15, 0.2) is 48.7 Å². The van der Waals surface area contributed by atoms with Crippen molar-refractivity contribution < 1.29 is 27.4 Å². The molecule has 34 heavy (non-hydrogen) atoms. The largest absolute Gasteiger partial charge is 0.504 e. The molecule has 1 heterocycles. The van der Waals surface area contributed by atoms with E-state index in [-0.39, 0.29) is 23.8 Å². The Bertz CT molecular complexity index is 1320. The maximum atomic E-state index is 14.7. The third kappa shape index (κ3) is 5.08. The Balaban J connectivity index is 1.75. The van der Waals surface area contributed by atoms with Crippen LogP contribution in [0.4, 0.5) is 8.78 Å². The van der Waals surface area contributed by atoms with Gasteiger partial charge in [-0.15, -0.1) is 0 Å². The summed E-state index contributed by atoms with van der Waals surface area (Å²) in [5.74, 6) is -1.62. The lowest BCUT2D eigenvalue weighted by molar-refractivity contribution is 0.274. The number of aliphatic hydroxyl groups excluding tert-OH is 1. The first-order chi connectivity index (χ1) is 16.1. The van der Waals surface area contributed by atoms with E-state index in [4.69, 9.17) is 0 Å². The van der Waals surface area contributed by atoms with Gasteiger partial charge >= 0.3 is 0 Å². The van der Waals surface area contributed by atoms with E-state index >= 15 is 0 Å². The summed E-state index contributed by atoms with van der Waals surface area (Å²) >= 11 is 0. The summed E-state index contributed by atoms with van der Waals surface area (Å²) in [6.07, 6.45) is 4.53. The molecule has 4 rings (SSSR count). The molecule has 0 bridgehead atoms. The zero-order valence-electron chi connectivity index (χ0n) is 18.5. The molecule has 2 atom stereocenters. The van der Waals surface area contributed by atoms with Gasteiger partial charge in [-0.2, -0.15) is 0 Å². The van der Waals surface area contributed by atoms with Crippen LogP contribution in [-0.4, -0.2) is 40.9 Å². The van der Waals surface area contributed by atoms with Crippen molar-refractivity contribution in [3.05, 3.63) is 77.4 Å². The number of sulfonamides is 1. The standard InChI is InChI=1S/C24H25F2N3O4S/c1-34(32,33)29-16-7-9-24(13-16,23-27-10-8-17(14-30)28-23)12-15-5-6-20(25)19(11-15)18-3-2-4-21(26)22(18)31/h2-6,8,10-11,16,29-31H,7,9,12-14H2,1H3/t16-,24+/m0/s1. The average Bonchev–Trinajstić information content (AvgIpc) is 3.19. The van der Waals surface area contributed by atoms with Crippen molar-refractivity contribution in [3.8, 4) is 16.9 Å². The van der Waals surface area contributed by atoms with Crippen molar-refractivity contribution in [3.63, 3.8) is 0 Å². The van der Waals surface area contributed by atoms with Crippen LogP contribution >= 0.6 is 0 Å². The number of phenols is 1. The first-order valence-electron chi connectivity index (χ1n) is 10.8. The SMILES string of the molecule is CS(=O)(=O)N[C@H]1CC[C@](Cc2ccc(F)c(-c3cccc(F)c3O)c2)(c2nccc(CO)n2)C1. The van der Waals surface area contributed by atoms with Gasteiger partial charge in [0.2, 0.25) is 10.0 Å². The normalized spacial score (nSPS) is 20.5. The number of nitrogens with one attached hydrogen (secondary N) is 1. The van der Waals surface area contributed by atoms with Crippen molar-refractivity contribution in [2.45, 2.75) is 43.7 Å². The lowest BCUT2D eigenvalue weighted by Gasteiger charge is -2.29. The molecule has 0 unspecified atom stereocenters. The van der Waals surface area contributed by atoms with Crippen LogP contribution in [-0.2, 0) is 28.5 Å². The first-order valence-corrected chi connectivity index (χ1v) is 12.7. The topological polar surface area (TPSA) is 112 Å². The number of phenolic OH excluding ortho intramolecular Hbond substituents is 1. The molecule has 1 saturated carbocycles. The smallest absolute Gasteiger partial charge is 0.208 e. The molecular weight excluding hydrogens is 464 g/mol. The molecule has 3 N–H and O–H groups in total. The Kier molecular flexibility index (Phi) is 6.66. The number of aromatic hydroxyl groups is 1. The van der Waals surface area contributed by atoms with Gasteiger partial charge in [-0.1, -0.05) is 18.2 Å². The molecule has 1 fully saturated rings. The van der Waals surface area contributed by atoms with Gasteiger partial charge in [0.15, 0.2) is 11.6 Å². The third-order valence-corrected chi connectivity index (χ3v) is 6.95. The summed E-state index contributed by atoms with van der Waals surface area (Å²) < 4.78 is 54.9. The van der Waals surface area contributed by atoms with Crippen LogP contribution in [0.3, 0.4) is 0 Å². The summed E-state index contributed by atoms with van der Waals surface area (Å²) in [7, 11) is -3.43. The summed E-state index contributed by atoms with van der Waals surface area (Å²) in [5.41, 5.74) is 0.548. The van der Waals surface area contributed by atoms with Crippen LogP contribution in [0.25, 0.3) is 11.1 Å². The summed E-state index contributed by atoms with van der Waals surface area (Å²) in [6, 6.07) is 9.60. The molecule has 1 aliphatic rings. The maximum Gasteiger partial charge on any atom is 0.208 e. The lowest BCUT2D eigenvalue weighted by atomic mass is 9.78. The Morgan fingerprint density at radius 2 is 1.94 bits per heavy atom. The van der Waals surface area contributed by atoms with Crippen LogP contribution in [0, 0.1) is 11.6 Å². The van der Waals surface area contributed by atoms with E-state index in [2.05, 4.69) is 14.7 Å². The number of nitrogens with zero attached hydrogens (tertiary/aromatic N) is 2. The van der Waals surface area contributed by atoms with Gasteiger partial charge in [-0.05, 0) is 55.5 Å². The molecule has 2 aromatic carbocycles. The Morgan fingerprint density at radius 3 is 2.68 bits per heavy atom. The van der Waals surface area contributed by atoms with Crippen molar-refractivity contribution in [2.24, 2.45) is 0 Å². The monoisotopic (exact) mass is 489 g/mol. The van der Waals surface area contributed by atoms with Crippen LogP contribution in [0.1, 0.15) is 36.3 Å². The number of aromatic nitrogens is 2. The molecule has 0 aliphatic heterocycles. The van der Waals surface area contributed by atoms with Crippen molar-refractivity contribution in [2.75, 3.05) is 6.26 Å². The Hall–Kier alpha value is -2.95. The van der Waals surface area contributed by atoms with Crippen molar-refractivity contribution >= 4 is 10.0 Å². The first kappa shape index (κ1) is 24.2. The minimum Gasteiger partial charge on any atom is -0.504 e. The number of benzene rings is 2. The quantitative estimate of drug-likeness (QED) is 0.470. The van der Waals surface area contributed by atoms with Gasteiger partial charge in [0.1, 0.15) is 11.6 Å². The predicted octanol–water partition coefficient (Wildman–Crippen LogP) is 3.20. The highest BCUT2D eigenvalue weighted by atomic mass is 32.2. The predicted molar refractivity (Wildman–Crippen MR) is 122 cm³/mol. The fourth-order valence-corrected chi connectivity index (χ4v) is 5.53. The zero-order valence-corrected chi connectivity index (χ0v) is 19.3. The zero-order chi connectivity index (χ0) is 24.5. The van der Waals surface area contributed by atoms with E-state index in [1.165, 1.54) is 18.2 Å². The van der Waals surface area contributed by atoms with Gasteiger partial charge in [0.25, 0.3) is 0 Å². The van der Waals surface area contributed by atoms with E-state index in [9.17, 15) is 27.4 Å². The molecule has 0 radical (unpaired) electrons. The fourth-order valence-electron chi connectivity index (χ4n) is 4.72. The Morgan fingerprint density at radius 1 is 1.15 bits per heavy atom. The minimum atomic E-state index is -3.43. The summed E-state index contributed by atoms with van der Waals surface area (Å²) in [6.45, 7) is -0.268. The summed E-state index contributed by atoms with van der Waals surface area (Å²) in [4.78, 5) is 8.92. The van der Waals surface area contributed by atoms with E-state index < -0.39 is 32.8 Å². The van der Waals surface area contributed by atoms with Gasteiger partial charge in [0, 0.05) is 28.8 Å². The second kappa shape index (κ2) is 9.36. The molecular formula is C24H25F2N3O4S. The van der Waals surface area contributed by atoms with Crippen LogP contribution in [0.5, 0.6) is 5.75 Å². The average molecular weight is 490 g/mol. The molecule has 180 valence electrons. The lowest BCUT2D eigenvalue weighted by Crippen LogP contribution is -2.35. The number of halogens is 2. The minimum absolute atomic E-state index is 0.0370. The van der Waals surface area contributed by atoms with Gasteiger partial charge in [-0.25, -0.2) is 31.9 Å². The van der Waals surface area contributed by atoms with E-state index in [0.29, 0.717) is 42.8 Å². The van der Waals surface area contributed by atoms with Gasteiger partial charge in [0.05, 0.1) is 18.6 Å². The highest BCUT2D eigenvalue weighted by Gasteiger charge is 2.44. The van der Waals surface area contributed by atoms with Gasteiger partial charge < -0.3 is 10.2 Å². The second-order valence-electron chi connectivity index (χ2n) is 8.77. The molecule has 7 nitrogen and oxygen atoms in total. The van der Waals surface area contributed by atoms with Crippen LogP contribution in [0.2, 0.25) is 0 Å². The van der Waals surface area contributed by atoms with Crippen molar-refractivity contribution in [1.82, 2.24) is 14.7 Å². The summed E-state index contributed by atoms with van der Waals surface area (Å²) in [5, 5.41) is 19.7. The van der Waals surface area contributed by atoms with Gasteiger partial charge in [-0.3, -0.25) is 0 Å². The highest BCUT2D eigenvalue weighted by Crippen LogP contribution is 2.43. The maximum absolute atomic E-state index is 14.7. The van der Waals surface area contributed by atoms with E-state index in [1.54, 1.807) is 24.4 Å². The molecule has 0 amide bonds. The number of rotatable bonds is 7. The number of hydrogen-bond donors (Lipinski definition) is 3. The van der Waals surface area contributed by atoms with Crippen LogP contribution < -0.4 is 4.72 Å². The molecule has 0 spiro atoms. The number of para-hydroxylation sites is 1. The molecule has 1 aliphatic carbocycles. The fraction of sp³-hybridized carbons (Fsp3) is 0.333. The number of aliphatic hydroxyl groups is 1. The number of hydrogen-bond acceptors (Lipinski definition) is 6. The van der Waals surface area contributed by atoms with Crippen molar-refractivity contribution in [1.29, 1.82) is 0 Å². The highest BCUT2D eigenvalue weighted by molar-refractivity contribution is 7.88. The third-order valence-electron chi connectivity index (χ3n) is 6.19. The second-order valence-corrected chi connectivity index (χ2v) is 10.5.